The normalized spacial score (nSPS) is 18.3. The first-order valence-electron chi connectivity index (χ1n) is 9.97. The Hall–Kier alpha value is -3.12. The van der Waals surface area contributed by atoms with Crippen molar-refractivity contribution in [1.29, 1.82) is 0 Å². The van der Waals surface area contributed by atoms with Crippen molar-refractivity contribution in [3.63, 3.8) is 0 Å². The van der Waals surface area contributed by atoms with Gasteiger partial charge in [0.1, 0.15) is 11.5 Å². The maximum Gasteiger partial charge on any atom is 0.295 e. The van der Waals surface area contributed by atoms with E-state index in [0.717, 1.165) is 24.1 Å². The molecule has 1 saturated heterocycles. The summed E-state index contributed by atoms with van der Waals surface area (Å²) in [4.78, 5) is 29.4. The monoisotopic (exact) mass is 408 g/mol. The molecule has 6 nitrogen and oxygen atoms in total. The molecule has 0 bridgehead atoms. The van der Waals surface area contributed by atoms with Gasteiger partial charge in [-0.25, -0.2) is 0 Å². The molecular formula is C24H28N2O4. The van der Waals surface area contributed by atoms with Crippen LogP contribution >= 0.6 is 0 Å². The van der Waals surface area contributed by atoms with E-state index in [9.17, 15) is 14.7 Å². The molecule has 6 heteroatoms. The molecule has 1 aliphatic heterocycles. The Morgan fingerprint density at radius 3 is 2.27 bits per heavy atom. The van der Waals surface area contributed by atoms with Gasteiger partial charge in [0.15, 0.2) is 0 Å². The molecule has 1 aliphatic rings. The summed E-state index contributed by atoms with van der Waals surface area (Å²) in [5.41, 5.74) is 2.48. The second-order valence-electron chi connectivity index (χ2n) is 7.79. The van der Waals surface area contributed by atoms with Crippen LogP contribution in [-0.2, 0) is 9.59 Å². The zero-order valence-corrected chi connectivity index (χ0v) is 17.9. The smallest absolute Gasteiger partial charge is 0.295 e. The number of hydrogen-bond acceptors (Lipinski definition) is 5. The number of aliphatic hydroxyl groups is 1. The van der Waals surface area contributed by atoms with Crippen LogP contribution in [0.25, 0.3) is 5.76 Å². The maximum absolute atomic E-state index is 13.0. The molecule has 0 radical (unpaired) electrons. The average Bonchev–Trinajstić information content (AvgIpc) is 2.98. The Morgan fingerprint density at radius 2 is 1.70 bits per heavy atom. The number of rotatable bonds is 7. The summed E-state index contributed by atoms with van der Waals surface area (Å²) in [7, 11) is 5.50. The fourth-order valence-corrected chi connectivity index (χ4v) is 3.67. The van der Waals surface area contributed by atoms with Crippen LogP contribution in [0, 0.1) is 6.92 Å². The summed E-state index contributed by atoms with van der Waals surface area (Å²) in [6.45, 7) is 3.21. The van der Waals surface area contributed by atoms with Crippen LogP contribution in [0.1, 0.15) is 29.2 Å². The number of carbonyl (C=O) groups is 2. The Kier molecular flexibility index (Phi) is 6.57. The molecule has 0 saturated carbocycles. The molecule has 0 aliphatic carbocycles. The molecule has 1 fully saturated rings. The van der Waals surface area contributed by atoms with Crippen LogP contribution in [0.4, 0.5) is 0 Å². The van der Waals surface area contributed by atoms with Crippen molar-refractivity contribution in [3.8, 4) is 5.75 Å². The molecule has 1 unspecified atom stereocenters. The number of amides is 1. The standard InChI is InChI=1S/C24H28N2O4/c1-16-6-8-17(9-7-16)21-20(22(27)18-10-12-19(30-4)13-11-18)23(28)24(29)26(21)15-5-14-25(2)3/h6-13,21,27H,5,14-15H2,1-4H3/b22-20-. The third-order valence-electron chi connectivity index (χ3n) is 5.30. The van der Waals surface area contributed by atoms with Gasteiger partial charge in [0.2, 0.25) is 0 Å². The number of likely N-dealkylation sites (tertiary alicyclic amines) is 1. The molecule has 2 aromatic carbocycles. The Morgan fingerprint density at radius 1 is 1.07 bits per heavy atom. The van der Waals surface area contributed by atoms with Crippen LogP contribution < -0.4 is 4.74 Å². The maximum atomic E-state index is 13.0. The lowest BCUT2D eigenvalue weighted by atomic mass is 9.94. The molecule has 3 rings (SSSR count). The molecule has 1 amide bonds. The van der Waals surface area contributed by atoms with Crippen molar-refractivity contribution in [2.45, 2.75) is 19.4 Å². The summed E-state index contributed by atoms with van der Waals surface area (Å²) in [5, 5.41) is 11.0. The topological polar surface area (TPSA) is 70.1 Å². The number of methoxy groups -OCH3 is 1. The van der Waals surface area contributed by atoms with Crippen LogP contribution in [0.15, 0.2) is 54.1 Å². The van der Waals surface area contributed by atoms with Crippen molar-refractivity contribution in [3.05, 3.63) is 70.8 Å². The van der Waals surface area contributed by atoms with Crippen LogP contribution in [-0.4, -0.2) is 60.9 Å². The minimum atomic E-state index is -0.654. The van der Waals surface area contributed by atoms with E-state index in [1.807, 2.05) is 50.2 Å². The van der Waals surface area contributed by atoms with Gasteiger partial charge in [0.05, 0.1) is 18.7 Å². The van der Waals surface area contributed by atoms with Crippen LogP contribution in [0.5, 0.6) is 5.75 Å². The Bertz CT molecular complexity index is 946. The number of hydrogen-bond donors (Lipinski definition) is 1. The predicted molar refractivity (Wildman–Crippen MR) is 116 cm³/mol. The zero-order chi connectivity index (χ0) is 21.8. The first kappa shape index (κ1) is 21.6. The second kappa shape index (κ2) is 9.13. The summed E-state index contributed by atoms with van der Waals surface area (Å²) in [6, 6.07) is 13.9. The van der Waals surface area contributed by atoms with E-state index in [1.165, 1.54) is 0 Å². The number of aryl methyl sites for hydroxylation is 1. The number of aliphatic hydroxyl groups excluding tert-OH is 1. The van der Waals surface area contributed by atoms with Crippen molar-refractivity contribution in [2.24, 2.45) is 0 Å². The van der Waals surface area contributed by atoms with E-state index in [-0.39, 0.29) is 11.3 Å². The third-order valence-corrected chi connectivity index (χ3v) is 5.30. The molecule has 1 heterocycles. The highest BCUT2D eigenvalue weighted by molar-refractivity contribution is 6.46. The molecule has 1 atom stereocenters. The number of Topliss-reactive ketones (excluding diaryl/α,β-unsaturated/α-hetero) is 1. The molecule has 0 aromatic heterocycles. The molecule has 2 aromatic rings. The number of benzene rings is 2. The zero-order valence-electron chi connectivity index (χ0n) is 17.9. The van der Waals surface area contributed by atoms with Gasteiger partial charge in [-0.2, -0.15) is 0 Å². The third kappa shape index (κ3) is 4.39. The Labute approximate surface area is 177 Å². The quantitative estimate of drug-likeness (QED) is 0.432. The van der Waals surface area contributed by atoms with Gasteiger partial charge in [0.25, 0.3) is 11.7 Å². The van der Waals surface area contributed by atoms with E-state index < -0.39 is 17.7 Å². The molecule has 30 heavy (non-hydrogen) atoms. The molecule has 158 valence electrons. The van der Waals surface area contributed by atoms with Crippen LogP contribution in [0.3, 0.4) is 0 Å². The van der Waals surface area contributed by atoms with Crippen LogP contribution in [0.2, 0.25) is 0 Å². The van der Waals surface area contributed by atoms with Crippen molar-refractivity contribution >= 4 is 17.4 Å². The highest BCUT2D eigenvalue weighted by atomic mass is 16.5. The van der Waals surface area contributed by atoms with E-state index in [1.54, 1.807) is 36.3 Å². The van der Waals surface area contributed by atoms with Gasteiger partial charge in [-0.05, 0) is 63.8 Å². The fraction of sp³-hybridized carbons (Fsp3) is 0.333. The lowest BCUT2D eigenvalue weighted by Gasteiger charge is -2.26. The van der Waals surface area contributed by atoms with Crippen molar-refractivity contribution in [2.75, 3.05) is 34.3 Å². The van der Waals surface area contributed by atoms with E-state index in [2.05, 4.69) is 0 Å². The van der Waals surface area contributed by atoms with Gasteiger partial charge in [0, 0.05) is 12.1 Å². The number of nitrogens with zero attached hydrogens (tertiary/aromatic N) is 2. The number of ether oxygens (including phenoxy) is 1. The minimum absolute atomic E-state index is 0.124. The average molecular weight is 408 g/mol. The lowest BCUT2D eigenvalue weighted by molar-refractivity contribution is -0.139. The van der Waals surface area contributed by atoms with Gasteiger partial charge >= 0.3 is 0 Å². The molecule has 0 spiro atoms. The van der Waals surface area contributed by atoms with Crippen molar-refractivity contribution in [1.82, 2.24) is 9.80 Å². The summed E-state index contributed by atoms with van der Waals surface area (Å²) >= 11 is 0. The largest absolute Gasteiger partial charge is 0.507 e. The number of carbonyl (C=O) groups excluding carboxylic acids is 2. The number of ketones is 1. The second-order valence-corrected chi connectivity index (χ2v) is 7.79. The SMILES string of the molecule is COc1ccc(/C(O)=C2/C(=O)C(=O)N(CCCN(C)C)C2c2ccc(C)cc2)cc1. The molecule has 1 N–H and O–H groups in total. The highest BCUT2D eigenvalue weighted by Crippen LogP contribution is 2.39. The van der Waals surface area contributed by atoms with Gasteiger partial charge in [-0.1, -0.05) is 29.8 Å². The van der Waals surface area contributed by atoms with E-state index in [4.69, 9.17) is 4.74 Å². The predicted octanol–water partition coefficient (Wildman–Crippen LogP) is 3.38. The highest BCUT2D eigenvalue weighted by Gasteiger charge is 2.45. The van der Waals surface area contributed by atoms with E-state index >= 15 is 0 Å². The molecular weight excluding hydrogens is 380 g/mol. The van der Waals surface area contributed by atoms with Gasteiger partial charge < -0.3 is 19.6 Å². The first-order chi connectivity index (χ1) is 14.3. The van der Waals surface area contributed by atoms with Crippen molar-refractivity contribution < 1.29 is 19.4 Å². The summed E-state index contributed by atoms with van der Waals surface area (Å²) in [6.07, 6.45) is 0.727. The summed E-state index contributed by atoms with van der Waals surface area (Å²) in [5.74, 6) is -0.754. The Balaban J connectivity index is 2.06. The summed E-state index contributed by atoms with van der Waals surface area (Å²) < 4.78 is 5.16. The fourth-order valence-electron chi connectivity index (χ4n) is 3.67. The minimum Gasteiger partial charge on any atom is -0.507 e. The van der Waals surface area contributed by atoms with Gasteiger partial charge in [-0.15, -0.1) is 0 Å². The van der Waals surface area contributed by atoms with E-state index in [0.29, 0.717) is 17.9 Å². The van der Waals surface area contributed by atoms with Gasteiger partial charge in [-0.3, -0.25) is 9.59 Å². The first-order valence-corrected chi connectivity index (χ1v) is 9.97. The lowest BCUT2D eigenvalue weighted by Crippen LogP contribution is -2.32.